The average Bonchev–Trinajstić information content (AvgIpc) is 3.21. The number of fused-ring (bicyclic) bond motifs is 5. The molecule has 2 aliphatic rings. The lowest BCUT2D eigenvalue weighted by molar-refractivity contribution is -0.385. The first-order chi connectivity index (χ1) is 15.9. The molecule has 0 spiro atoms. The fourth-order valence-electron chi connectivity index (χ4n) is 4.01. The van der Waals surface area contributed by atoms with E-state index in [-0.39, 0.29) is 34.6 Å². The number of nitro groups is 1. The van der Waals surface area contributed by atoms with E-state index in [4.69, 9.17) is 4.74 Å². The van der Waals surface area contributed by atoms with E-state index in [1.54, 1.807) is 24.3 Å². The maximum atomic E-state index is 13.0. The van der Waals surface area contributed by atoms with Crippen LogP contribution >= 0.6 is 0 Å². The summed E-state index contributed by atoms with van der Waals surface area (Å²) in [4.78, 5) is 40.5. The Balaban J connectivity index is 0.000000728. The molecule has 0 fully saturated rings. The quantitative estimate of drug-likeness (QED) is 0.264. The number of esters is 1. The van der Waals surface area contributed by atoms with Crippen LogP contribution in [0.5, 0.6) is 0 Å². The number of benzene rings is 1. The van der Waals surface area contributed by atoms with Crippen LogP contribution in [0.1, 0.15) is 56.1 Å². The number of nitriles is 1. The predicted octanol–water partition coefficient (Wildman–Crippen LogP) is 3.35. The van der Waals surface area contributed by atoms with Crippen LogP contribution < -0.4 is 5.56 Å². The zero-order chi connectivity index (χ0) is 24.4. The van der Waals surface area contributed by atoms with E-state index in [0.717, 1.165) is 4.57 Å². The van der Waals surface area contributed by atoms with Crippen molar-refractivity contribution in [2.24, 2.45) is 0 Å². The predicted molar refractivity (Wildman–Crippen MR) is 119 cm³/mol. The van der Waals surface area contributed by atoms with Gasteiger partial charge < -0.3 is 9.84 Å². The SMILES string of the molecule is CC.CC.N#Cc1c2c(nc3ccccc13)-c1c([N+](=O)[O-])c3c(c(=O)n1C2)COC(=O)C3O. The number of hydrogen-bond acceptors (Lipinski definition) is 8. The second-order valence-corrected chi connectivity index (χ2v) is 6.69. The largest absolute Gasteiger partial charge is 0.458 e. The molecule has 3 aromatic rings. The van der Waals surface area contributed by atoms with E-state index in [9.17, 15) is 30.1 Å². The van der Waals surface area contributed by atoms with E-state index in [1.165, 1.54) is 0 Å². The van der Waals surface area contributed by atoms with Gasteiger partial charge in [0, 0.05) is 10.9 Å². The molecule has 0 aliphatic carbocycles. The molecular formula is C23H22N4O6. The summed E-state index contributed by atoms with van der Waals surface area (Å²) in [5.74, 6) is -1.06. The molecule has 1 atom stereocenters. The summed E-state index contributed by atoms with van der Waals surface area (Å²) in [6.07, 6.45) is -1.95. The first-order valence-corrected chi connectivity index (χ1v) is 10.5. The molecule has 2 aliphatic heterocycles. The molecule has 10 nitrogen and oxygen atoms in total. The molecule has 5 rings (SSSR count). The van der Waals surface area contributed by atoms with Crippen molar-refractivity contribution < 1.29 is 19.6 Å². The van der Waals surface area contributed by atoms with Crippen molar-refractivity contribution in [3.05, 3.63) is 67.0 Å². The lowest BCUT2D eigenvalue weighted by atomic mass is 9.97. The van der Waals surface area contributed by atoms with Gasteiger partial charge in [-0.3, -0.25) is 19.5 Å². The third kappa shape index (κ3) is 3.43. The van der Waals surface area contributed by atoms with Gasteiger partial charge >= 0.3 is 11.7 Å². The Morgan fingerprint density at radius 1 is 1.21 bits per heavy atom. The van der Waals surface area contributed by atoms with Gasteiger partial charge in [0.2, 0.25) is 0 Å². The van der Waals surface area contributed by atoms with Gasteiger partial charge in [0.05, 0.1) is 33.7 Å². The Labute approximate surface area is 188 Å². The summed E-state index contributed by atoms with van der Waals surface area (Å²) in [5, 5.41) is 32.5. The van der Waals surface area contributed by atoms with Gasteiger partial charge in [-0.1, -0.05) is 45.9 Å². The molecule has 0 bridgehead atoms. The molecule has 170 valence electrons. The van der Waals surface area contributed by atoms with Crippen molar-refractivity contribution >= 4 is 22.6 Å². The lowest BCUT2D eigenvalue weighted by Gasteiger charge is -2.21. The smallest absolute Gasteiger partial charge is 0.340 e. The zero-order valence-electron chi connectivity index (χ0n) is 18.6. The summed E-state index contributed by atoms with van der Waals surface area (Å²) in [5.41, 5.74) is -0.623. The highest BCUT2D eigenvalue weighted by Crippen LogP contribution is 2.44. The fourth-order valence-corrected chi connectivity index (χ4v) is 4.01. The first kappa shape index (κ1) is 23.6. The lowest BCUT2D eigenvalue weighted by Crippen LogP contribution is -2.33. The summed E-state index contributed by atoms with van der Waals surface area (Å²) in [7, 11) is 0. The van der Waals surface area contributed by atoms with E-state index in [2.05, 4.69) is 11.1 Å². The van der Waals surface area contributed by atoms with Crippen molar-refractivity contribution in [1.29, 1.82) is 5.26 Å². The molecule has 0 amide bonds. The van der Waals surface area contributed by atoms with E-state index in [1.807, 2.05) is 27.7 Å². The molecule has 2 aromatic heterocycles. The molecule has 4 heterocycles. The summed E-state index contributed by atoms with van der Waals surface area (Å²) >= 11 is 0. The monoisotopic (exact) mass is 450 g/mol. The fraction of sp³-hybridized carbons (Fsp3) is 0.304. The van der Waals surface area contributed by atoms with Gasteiger partial charge in [0.25, 0.3) is 5.56 Å². The third-order valence-corrected chi connectivity index (χ3v) is 5.26. The number of cyclic esters (lactones) is 1. The van der Waals surface area contributed by atoms with Gasteiger partial charge in [0.1, 0.15) is 24.1 Å². The highest BCUT2D eigenvalue weighted by atomic mass is 16.6. The molecule has 0 saturated heterocycles. The van der Waals surface area contributed by atoms with Crippen LogP contribution in [0.4, 0.5) is 5.69 Å². The maximum absolute atomic E-state index is 13.0. The van der Waals surface area contributed by atoms with E-state index >= 15 is 0 Å². The minimum absolute atomic E-state index is 0.0810. The average molecular weight is 450 g/mol. The van der Waals surface area contributed by atoms with Crippen LogP contribution in [-0.4, -0.2) is 25.6 Å². The first-order valence-electron chi connectivity index (χ1n) is 10.5. The highest BCUT2D eigenvalue weighted by Gasteiger charge is 2.43. The number of aliphatic hydroxyl groups excluding tert-OH is 1. The van der Waals surface area contributed by atoms with Crippen LogP contribution in [0.3, 0.4) is 0 Å². The van der Waals surface area contributed by atoms with Crippen LogP contribution in [0.25, 0.3) is 22.3 Å². The normalized spacial score (nSPS) is 14.9. The number of hydrogen-bond donors (Lipinski definition) is 1. The number of para-hydroxylation sites is 1. The molecule has 0 saturated carbocycles. The number of carbonyl (C=O) groups is 1. The van der Waals surface area contributed by atoms with E-state index < -0.39 is 34.9 Å². The number of nitrogens with zero attached hydrogens (tertiary/aromatic N) is 4. The molecule has 33 heavy (non-hydrogen) atoms. The van der Waals surface area contributed by atoms with Gasteiger partial charge in [-0.2, -0.15) is 5.26 Å². The minimum atomic E-state index is -1.95. The van der Waals surface area contributed by atoms with E-state index in [0.29, 0.717) is 16.5 Å². The summed E-state index contributed by atoms with van der Waals surface area (Å²) in [6, 6.07) is 8.93. The molecule has 10 heteroatoms. The maximum Gasteiger partial charge on any atom is 0.340 e. The number of aliphatic hydroxyl groups is 1. The second-order valence-electron chi connectivity index (χ2n) is 6.69. The molecule has 0 radical (unpaired) electrons. The van der Waals surface area contributed by atoms with Crippen molar-refractivity contribution in [2.75, 3.05) is 0 Å². The van der Waals surface area contributed by atoms with Gasteiger partial charge in [-0.15, -0.1) is 0 Å². The molecular weight excluding hydrogens is 428 g/mol. The number of pyridine rings is 2. The van der Waals surface area contributed by atoms with Crippen LogP contribution in [0.2, 0.25) is 0 Å². The Hall–Kier alpha value is -4.10. The van der Waals surface area contributed by atoms with Crippen LogP contribution in [-0.2, 0) is 22.7 Å². The van der Waals surface area contributed by atoms with Gasteiger partial charge in [0.15, 0.2) is 6.10 Å². The Morgan fingerprint density at radius 3 is 2.52 bits per heavy atom. The number of carbonyl (C=O) groups excluding carboxylic acids is 1. The van der Waals surface area contributed by atoms with Crippen LogP contribution in [0, 0.1) is 21.4 Å². The van der Waals surface area contributed by atoms with Gasteiger partial charge in [-0.25, -0.2) is 9.78 Å². The number of aromatic nitrogens is 2. The zero-order valence-corrected chi connectivity index (χ0v) is 18.6. The van der Waals surface area contributed by atoms with Crippen molar-refractivity contribution in [3.63, 3.8) is 0 Å². The van der Waals surface area contributed by atoms with Crippen molar-refractivity contribution in [3.8, 4) is 17.5 Å². The third-order valence-electron chi connectivity index (χ3n) is 5.26. The molecule has 1 unspecified atom stereocenters. The summed E-state index contributed by atoms with van der Waals surface area (Å²) in [6.45, 7) is 7.45. The highest BCUT2D eigenvalue weighted by molar-refractivity contribution is 5.92. The number of ether oxygens (including phenoxy) is 1. The Morgan fingerprint density at radius 2 is 1.88 bits per heavy atom. The second kappa shape index (κ2) is 9.18. The number of rotatable bonds is 1. The Kier molecular flexibility index (Phi) is 6.55. The van der Waals surface area contributed by atoms with Gasteiger partial charge in [-0.05, 0) is 6.07 Å². The van der Waals surface area contributed by atoms with Crippen LogP contribution in [0.15, 0.2) is 29.1 Å². The topological polar surface area (TPSA) is 148 Å². The molecule has 1 aromatic carbocycles. The summed E-state index contributed by atoms with van der Waals surface area (Å²) < 4.78 is 5.94. The standard InChI is InChI=1S/C19H10N4O6.2C2H6/c20-5-9-8-3-1-2-4-12(8)21-14-10(9)6-22-16(14)15(23(27)28)13-11(18(22)25)7-29-19(26)17(13)24;2*1-2/h1-4,17,24H,6-7H2;2*1-2H3. The van der Waals surface area contributed by atoms with Crippen molar-refractivity contribution in [2.45, 2.75) is 47.0 Å². The molecule has 1 N–H and O–H groups in total. The van der Waals surface area contributed by atoms with Crippen molar-refractivity contribution in [1.82, 2.24) is 9.55 Å². The minimum Gasteiger partial charge on any atom is -0.458 e. The Bertz CT molecular complexity index is 1390.